The highest BCUT2D eigenvalue weighted by Gasteiger charge is 2.14. The number of hydrogen-bond donors (Lipinski definition) is 2. The number of carbonyl (C=O) groups is 1. The molecular formula is C10H6ClNO5S. The number of halogens is 1. The fourth-order valence-corrected chi connectivity index (χ4v) is 2.29. The predicted octanol–water partition coefficient (Wildman–Crippen LogP) is 1.15. The molecule has 1 aromatic carbocycles. The van der Waals surface area contributed by atoms with E-state index in [4.69, 9.17) is 15.8 Å². The van der Waals surface area contributed by atoms with E-state index in [2.05, 4.69) is 4.98 Å². The standard InChI is InChI=1S/C10H6ClNO5S/c11-18(16,17)5-1-2-6-8(3-5)12-4-7(9(6)13)10(14)15/h1-4H,(H,12,13)(H,14,15). The minimum absolute atomic E-state index is 0.0824. The summed E-state index contributed by atoms with van der Waals surface area (Å²) in [7, 11) is 1.27. The monoisotopic (exact) mass is 287 g/mol. The molecule has 0 aliphatic carbocycles. The van der Waals surface area contributed by atoms with Crippen molar-refractivity contribution in [3.63, 3.8) is 0 Å². The third kappa shape index (κ3) is 2.09. The normalized spacial score (nSPS) is 11.6. The molecule has 0 atom stereocenters. The van der Waals surface area contributed by atoms with Gasteiger partial charge in [0.05, 0.1) is 10.4 Å². The SMILES string of the molecule is O=C(O)c1c[nH]c2cc(S(=O)(=O)Cl)ccc2c1=O. The zero-order valence-electron chi connectivity index (χ0n) is 8.68. The van der Waals surface area contributed by atoms with Crippen LogP contribution in [0, 0.1) is 0 Å². The maximum atomic E-state index is 11.7. The average molecular weight is 288 g/mol. The van der Waals surface area contributed by atoms with Crippen molar-refractivity contribution in [3.8, 4) is 0 Å². The molecule has 2 N–H and O–H groups in total. The van der Waals surface area contributed by atoms with Gasteiger partial charge in [0.2, 0.25) is 5.43 Å². The van der Waals surface area contributed by atoms with Crippen LogP contribution in [0.1, 0.15) is 10.4 Å². The molecule has 0 fully saturated rings. The molecule has 2 aromatic rings. The first-order valence-corrected chi connectivity index (χ1v) is 6.95. The smallest absolute Gasteiger partial charge is 0.341 e. The van der Waals surface area contributed by atoms with Gasteiger partial charge in [0.25, 0.3) is 9.05 Å². The lowest BCUT2D eigenvalue weighted by Crippen LogP contribution is -2.15. The summed E-state index contributed by atoms with van der Waals surface area (Å²) in [5.74, 6) is -1.35. The first-order valence-electron chi connectivity index (χ1n) is 4.64. The van der Waals surface area contributed by atoms with E-state index in [9.17, 15) is 18.0 Å². The van der Waals surface area contributed by atoms with Crippen LogP contribution in [-0.2, 0) is 9.05 Å². The maximum Gasteiger partial charge on any atom is 0.341 e. The lowest BCUT2D eigenvalue weighted by molar-refractivity contribution is 0.0695. The molecular weight excluding hydrogens is 282 g/mol. The topological polar surface area (TPSA) is 104 Å². The molecule has 94 valence electrons. The number of fused-ring (bicyclic) bond motifs is 1. The number of aromatic nitrogens is 1. The summed E-state index contributed by atoms with van der Waals surface area (Å²) in [6.45, 7) is 0. The number of pyridine rings is 1. The van der Waals surface area contributed by atoms with Gasteiger partial charge in [-0.3, -0.25) is 4.79 Å². The Balaban J connectivity index is 2.81. The Hall–Kier alpha value is -1.86. The highest BCUT2D eigenvalue weighted by atomic mass is 35.7. The summed E-state index contributed by atoms with van der Waals surface area (Å²) in [6.07, 6.45) is 1.01. The lowest BCUT2D eigenvalue weighted by Gasteiger charge is -2.01. The van der Waals surface area contributed by atoms with Gasteiger partial charge in [-0.2, -0.15) is 0 Å². The van der Waals surface area contributed by atoms with E-state index >= 15 is 0 Å². The molecule has 0 spiro atoms. The molecule has 0 saturated carbocycles. The fourth-order valence-electron chi connectivity index (χ4n) is 1.51. The van der Waals surface area contributed by atoms with Gasteiger partial charge in [-0.25, -0.2) is 13.2 Å². The predicted molar refractivity (Wildman–Crippen MR) is 64.6 cm³/mol. The summed E-state index contributed by atoms with van der Waals surface area (Å²) in [6, 6.07) is 3.53. The van der Waals surface area contributed by atoms with E-state index in [1.807, 2.05) is 0 Å². The summed E-state index contributed by atoms with van der Waals surface area (Å²) >= 11 is 0. The largest absolute Gasteiger partial charge is 0.477 e. The molecule has 0 unspecified atom stereocenters. The van der Waals surface area contributed by atoms with Crippen LogP contribution in [0.3, 0.4) is 0 Å². The Morgan fingerprint density at radius 3 is 2.56 bits per heavy atom. The number of carboxylic acids is 1. The quantitative estimate of drug-likeness (QED) is 0.806. The van der Waals surface area contributed by atoms with Gasteiger partial charge < -0.3 is 10.1 Å². The van der Waals surface area contributed by atoms with Crippen LogP contribution in [0.4, 0.5) is 0 Å². The summed E-state index contributed by atoms with van der Waals surface area (Å²) in [5.41, 5.74) is -0.898. The van der Waals surface area contributed by atoms with Crippen LogP contribution in [0.25, 0.3) is 10.9 Å². The number of H-pyrrole nitrogens is 1. The van der Waals surface area contributed by atoms with Crippen LogP contribution in [0.15, 0.2) is 34.1 Å². The Kier molecular flexibility index (Phi) is 2.88. The Labute approximate surface area is 105 Å². The second kappa shape index (κ2) is 4.11. The van der Waals surface area contributed by atoms with Gasteiger partial charge in [-0.1, -0.05) is 0 Å². The van der Waals surface area contributed by atoms with Crippen LogP contribution in [0.5, 0.6) is 0 Å². The third-order valence-corrected chi connectivity index (χ3v) is 3.72. The van der Waals surface area contributed by atoms with Crippen LogP contribution < -0.4 is 5.43 Å². The summed E-state index contributed by atoms with van der Waals surface area (Å²) in [5, 5.41) is 8.85. The van der Waals surface area contributed by atoms with Crippen LogP contribution >= 0.6 is 10.7 Å². The molecule has 1 aromatic heterocycles. The Bertz CT molecular complexity index is 809. The number of aromatic amines is 1. The third-order valence-electron chi connectivity index (χ3n) is 2.36. The van der Waals surface area contributed by atoms with Gasteiger partial charge in [0, 0.05) is 22.3 Å². The molecule has 0 saturated heterocycles. The zero-order chi connectivity index (χ0) is 13.5. The molecule has 18 heavy (non-hydrogen) atoms. The van der Waals surface area contributed by atoms with Gasteiger partial charge in [-0.05, 0) is 18.2 Å². The summed E-state index contributed by atoms with van der Waals surface area (Å²) in [4.78, 5) is 24.9. The van der Waals surface area contributed by atoms with Crippen molar-refractivity contribution in [2.75, 3.05) is 0 Å². The molecule has 1 heterocycles. The average Bonchev–Trinajstić information content (AvgIpc) is 2.27. The number of carboxylic acid groups (broad SMARTS) is 1. The molecule has 0 radical (unpaired) electrons. The van der Waals surface area contributed by atoms with Crippen LogP contribution in [0.2, 0.25) is 0 Å². The summed E-state index contributed by atoms with van der Waals surface area (Å²) < 4.78 is 22.2. The zero-order valence-corrected chi connectivity index (χ0v) is 10.2. The first kappa shape index (κ1) is 12.6. The van der Waals surface area contributed by atoms with Crippen molar-refractivity contribution in [2.24, 2.45) is 0 Å². The van der Waals surface area contributed by atoms with Gasteiger partial charge in [0.15, 0.2) is 0 Å². The van der Waals surface area contributed by atoms with E-state index in [1.165, 1.54) is 12.1 Å². The molecule has 6 nitrogen and oxygen atoms in total. The second-order valence-corrected chi connectivity index (χ2v) is 6.05. The van der Waals surface area contributed by atoms with Crippen LogP contribution in [-0.4, -0.2) is 24.5 Å². The highest BCUT2D eigenvalue weighted by Crippen LogP contribution is 2.18. The Morgan fingerprint density at radius 1 is 1.33 bits per heavy atom. The van der Waals surface area contributed by atoms with E-state index < -0.39 is 26.0 Å². The molecule has 2 rings (SSSR count). The number of hydrogen-bond acceptors (Lipinski definition) is 4. The Morgan fingerprint density at radius 2 is 2.00 bits per heavy atom. The minimum Gasteiger partial charge on any atom is -0.477 e. The maximum absolute atomic E-state index is 11.7. The number of benzene rings is 1. The van der Waals surface area contributed by atoms with Crippen molar-refractivity contribution < 1.29 is 18.3 Å². The van der Waals surface area contributed by atoms with E-state index in [1.54, 1.807) is 0 Å². The van der Waals surface area contributed by atoms with Crippen molar-refractivity contribution in [2.45, 2.75) is 4.90 Å². The molecule has 0 aliphatic rings. The molecule has 0 amide bonds. The van der Waals surface area contributed by atoms with Crippen molar-refractivity contribution in [1.29, 1.82) is 0 Å². The number of nitrogens with one attached hydrogen (secondary N) is 1. The van der Waals surface area contributed by atoms with Gasteiger partial charge in [-0.15, -0.1) is 0 Å². The van der Waals surface area contributed by atoms with Crippen molar-refractivity contribution >= 4 is 36.6 Å². The number of aromatic carboxylic acids is 1. The van der Waals surface area contributed by atoms with Gasteiger partial charge in [0.1, 0.15) is 5.56 Å². The van der Waals surface area contributed by atoms with E-state index in [0.717, 1.165) is 12.3 Å². The molecule has 0 bridgehead atoms. The van der Waals surface area contributed by atoms with Crippen molar-refractivity contribution in [3.05, 3.63) is 40.2 Å². The highest BCUT2D eigenvalue weighted by molar-refractivity contribution is 8.13. The fraction of sp³-hybridized carbons (Fsp3) is 0. The minimum atomic E-state index is -3.90. The molecule has 0 aliphatic heterocycles. The second-order valence-electron chi connectivity index (χ2n) is 3.48. The van der Waals surface area contributed by atoms with Gasteiger partial charge >= 0.3 is 5.97 Å². The first-order chi connectivity index (χ1) is 8.30. The van der Waals surface area contributed by atoms with E-state index in [0.29, 0.717) is 0 Å². The molecule has 8 heteroatoms. The number of rotatable bonds is 2. The van der Waals surface area contributed by atoms with Crippen molar-refractivity contribution in [1.82, 2.24) is 4.98 Å². The lowest BCUT2D eigenvalue weighted by atomic mass is 10.1. The van der Waals surface area contributed by atoms with E-state index in [-0.39, 0.29) is 15.8 Å².